The van der Waals surface area contributed by atoms with Crippen molar-refractivity contribution in [1.82, 2.24) is 5.32 Å². The molecule has 1 N–H and O–H groups in total. The molecular formula is C11H13F4NOS. The van der Waals surface area contributed by atoms with Gasteiger partial charge in [0.1, 0.15) is 5.83 Å². The van der Waals surface area contributed by atoms with Crippen LogP contribution in [0.1, 0.15) is 20.3 Å². The van der Waals surface area contributed by atoms with E-state index in [1.54, 1.807) is 6.92 Å². The van der Waals surface area contributed by atoms with Crippen molar-refractivity contribution in [1.29, 1.82) is 0 Å². The van der Waals surface area contributed by atoms with Gasteiger partial charge in [0.05, 0.1) is 11.4 Å². The van der Waals surface area contributed by atoms with Crippen molar-refractivity contribution in [3.8, 4) is 0 Å². The molecule has 1 aliphatic rings. The fraction of sp³-hybridized carbons (Fsp3) is 0.545. The maximum Gasteiger partial charge on any atom is 0.397 e. The highest BCUT2D eigenvalue weighted by Crippen LogP contribution is 2.35. The summed E-state index contributed by atoms with van der Waals surface area (Å²) in [6.07, 6.45) is -3.02. The summed E-state index contributed by atoms with van der Waals surface area (Å²) < 4.78 is 49.8. The van der Waals surface area contributed by atoms with Crippen molar-refractivity contribution in [3.05, 3.63) is 23.2 Å². The molecule has 1 atom stereocenters. The normalized spacial score (nSPS) is 20.8. The van der Waals surface area contributed by atoms with E-state index in [1.807, 2.05) is 0 Å². The fourth-order valence-electron chi connectivity index (χ4n) is 1.53. The van der Waals surface area contributed by atoms with Gasteiger partial charge in [-0.2, -0.15) is 13.2 Å². The van der Waals surface area contributed by atoms with Crippen molar-refractivity contribution >= 4 is 17.7 Å². The van der Waals surface area contributed by atoms with Gasteiger partial charge in [-0.15, -0.1) is 11.8 Å². The van der Waals surface area contributed by atoms with Crippen molar-refractivity contribution in [2.75, 3.05) is 5.75 Å². The van der Waals surface area contributed by atoms with Gasteiger partial charge in [-0.3, -0.25) is 4.79 Å². The van der Waals surface area contributed by atoms with E-state index in [0.717, 1.165) is 0 Å². The summed E-state index contributed by atoms with van der Waals surface area (Å²) >= 11 is 0.700. The Balaban J connectivity index is 2.70. The maximum absolute atomic E-state index is 13.5. The summed E-state index contributed by atoms with van der Waals surface area (Å²) in [5, 5.41) is 1.84. The van der Waals surface area contributed by atoms with Gasteiger partial charge >= 0.3 is 6.18 Å². The van der Waals surface area contributed by atoms with Gasteiger partial charge in [-0.05, 0) is 13.0 Å². The zero-order valence-electron chi connectivity index (χ0n) is 9.90. The van der Waals surface area contributed by atoms with Gasteiger partial charge in [0.15, 0.2) is 0 Å². The molecule has 0 fully saturated rings. The van der Waals surface area contributed by atoms with Gasteiger partial charge in [-0.25, -0.2) is 4.39 Å². The van der Waals surface area contributed by atoms with Crippen LogP contribution in [-0.2, 0) is 4.79 Å². The van der Waals surface area contributed by atoms with Gasteiger partial charge < -0.3 is 5.32 Å². The number of rotatable bonds is 3. The van der Waals surface area contributed by atoms with Crippen LogP contribution in [0.5, 0.6) is 0 Å². The predicted molar refractivity (Wildman–Crippen MR) is 62.6 cm³/mol. The molecule has 0 saturated carbocycles. The minimum atomic E-state index is -4.25. The second kappa shape index (κ2) is 5.77. The molecular weight excluding hydrogens is 270 g/mol. The Labute approximate surface area is 107 Å². The Morgan fingerprint density at radius 2 is 2.17 bits per heavy atom. The number of halogens is 4. The Bertz CT molecular complexity index is 400. The first kappa shape index (κ1) is 15.1. The monoisotopic (exact) mass is 283 g/mol. The molecule has 0 aromatic heterocycles. The van der Waals surface area contributed by atoms with Gasteiger partial charge in [0, 0.05) is 18.6 Å². The first-order valence-electron chi connectivity index (χ1n) is 5.22. The zero-order valence-corrected chi connectivity index (χ0v) is 10.7. The lowest BCUT2D eigenvalue weighted by molar-refractivity contribution is -0.118. The molecule has 7 heteroatoms. The van der Waals surface area contributed by atoms with Crippen LogP contribution in [0.3, 0.4) is 0 Å². The van der Waals surface area contributed by atoms with Gasteiger partial charge in [-0.1, -0.05) is 5.57 Å². The molecule has 2 nitrogen and oxygen atoms in total. The van der Waals surface area contributed by atoms with Gasteiger partial charge in [0.2, 0.25) is 5.91 Å². The molecule has 102 valence electrons. The number of carbonyl (C=O) groups is 1. The average molecular weight is 283 g/mol. The fourth-order valence-corrected chi connectivity index (χ4v) is 2.54. The van der Waals surface area contributed by atoms with Crippen molar-refractivity contribution in [2.24, 2.45) is 0 Å². The maximum atomic E-state index is 13.5. The number of amides is 1. The van der Waals surface area contributed by atoms with E-state index >= 15 is 0 Å². The molecule has 1 rings (SSSR count). The van der Waals surface area contributed by atoms with Crippen LogP contribution < -0.4 is 5.32 Å². The molecule has 1 amide bonds. The van der Waals surface area contributed by atoms with Crippen LogP contribution in [0.15, 0.2) is 23.2 Å². The third-order valence-corrected chi connectivity index (χ3v) is 3.75. The Hall–Kier alpha value is -0.980. The topological polar surface area (TPSA) is 29.1 Å². The summed E-state index contributed by atoms with van der Waals surface area (Å²) in [5.41, 5.74) is 0.587. The number of hydrogen-bond donors (Lipinski definition) is 1. The van der Waals surface area contributed by atoms with Gasteiger partial charge in [0.25, 0.3) is 0 Å². The second-order valence-corrected chi connectivity index (χ2v) is 5.21. The van der Waals surface area contributed by atoms with Crippen LogP contribution in [0.4, 0.5) is 17.6 Å². The van der Waals surface area contributed by atoms with E-state index in [-0.39, 0.29) is 12.1 Å². The molecule has 1 unspecified atom stereocenters. The molecule has 0 aliphatic heterocycles. The standard InChI is InChI=1S/C11H13F4NOS/c1-6-3-8(12)9(16-7(2)17)4-10(6)18-5-11(13,14)15/h3,10H,4-5H2,1-2H3,(H,16,17). The number of alkyl halides is 3. The molecule has 0 bridgehead atoms. The predicted octanol–water partition coefficient (Wildman–Crippen LogP) is 3.32. The minimum absolute atomic E-state index is 0.0489. The SMILES string of the molecule is CC(=O)NC1=C(F)C=C(C)C(SCC(F)(F)F)C1. The first-order chi connectivity index (χ1) is 8.19. The molecule has 0 aromatic rings. The molecule has 0 heterocycles. The lowest BCUT2D eigenvalue weighted by atomic mass is 10.0. The third kappa shape index (κ3) is 4.72. The zero-order chi connectivity index (χ0) is 13.9. The van der Waals surface area contributed by atoms with Crippen LogP contribution in [-0.4, -0.2) is 23.1 Å². The third-order valence-electron chi connectivity index (χ3n) is 2.32. The average Bonchev–Trinajstić information content (AvgIpc) is 2.18. The van der Waals surface area contributed by atoms with Crippen LogP contribution in [0.25, 0.3) is 0 Å². The number of hydrogen-bond acceptors (Lipinski definition) is 2. The summed E-state index contributed by atoms with van der Waals surface area (Å²) in [6, 6.07) is 0. The highest BCUT2D eigenvalue weighted by Gasteiger charge is 2.31. The molecule has 0 radical (unpaired) electrons. The summed E-state index contributed by atoms with van der Waals surface area (Å²) in [4.78, 5) is 10.8. The second-order valence-electron chi connectivity index (χ2n) is 4.01. The van der Waals surface area contributed by atoms with Crippen LogP contribution in [0.2, 0.25) is 0 Å². The smallest absolute Gasteiger partial charge is 0.327 e. The highest BCUT2D eigenvalue weighted by atomic mass is 32.2. The Morgan fingerprint density at radius 1 is 1.56 bits per heavy atom. The van der Waals surface area contributed by atoms with E-state index < -0.39 is 28.9 Å². The molecule has 0 spiro atoms. The van der Waals surface area contributed by atoms with E-state index in [2.05, 4.69) is 5.32 Å². The summed E-state index contributed by atoms with van der Waals surface area (Å²) in [5.74, 6) is -2.02. The quantitative estimate of drug-likeness (QED) is 0.805. The van der Waals surface area contributed by atoms with Crippen molar-refractivity contribution in [3.63, 3.8) is 0 Å². The van der Waals surface area contributed by atoms with E-state index in [0.29, 0.717) is 17.3 Å². The minimum Gasteiger partial charge on any atom is -0.327 e. The van der Waals surface area contributed by atoms with Crippen LogP contribution in [0, 0.1) is 0 Å². The molecule has 18 heavy (non-hydrogen) atoms. The number of thioether (sulfide) groups is 1. The largest absolute Gasteiger partial charge is 0.397 e. The molecule has 0 saturated heterocycles. The van der Waals surface area contributed by atoms with E-state index in [9.17, 15) is 22.4 Å². The number of allylic oxidation sites excluding steroid dienone is 3. The lowest BCUT2D eigenvalue weighted by Gasteiger charge is -2.24. The first-order valence-corrected chi connectivity index (χ1v) is 6.26. The highest BCUT2D eigenvalue weighted by molar-refractivity contribution is 8.00. The number of carbonyl (C=O) groups excluding carboxylic acids is 1. The molecule has 0 aromatic carbocycles. The lowest BCUT2D eigenvalue weighted by Crippen LogP contribution is -2.26. The van der Waals surface area contributed by atoms with Crippen LogP contribution >= 0.6 is 11.8 Å². The molecule has 1 aliphatic carbocycles. The summed E-state index contributed by atoms with van der Waals surface area (Å²) in [7, 11) is 0. The van der Waals surface area contributed by atoms with E-state index in [4.69, 9.17) is 0 Å². The van der Waals surface area contributed by atoms with Crippen molar-refractivity contribution < 1.29 is 22.4 Å². The summed E-state index contributed by atoms with van der Waals surface area (Å²) in [6.45, 7) is 2.81. The number of nitrogens with one attached hydrogen (secondary N) is 1. The Kier molecular flexibility index (Phi) is 4.84. The Morgan fingerprint density at radius 3 is 2.67 bits per heavy atom. The van der Waals surface area contributed by atoms with E-state index in [1.165, 1.54) is 13.0 Å². The van der Waals surface area contributed by atoms with Crippen molar-refractivity contribution in [2.45, 2.75) is 31.7 Å².